The molecule has 224 valence electrons. The van der Waals surface area contributed by atoms with E-state index in [0.29, 0.717) is 12.8 Å². The average Bonchev–Trinajstić information content (AvgIpc) is 3.66. The Morgan fingerprint density at radius 2 is 1.69 bits per heavy atom. The van der Waals surface area contributed by atoms with E-state index in [4.69, 9.17) is 28.4 Å². The molecule has 0 amide bonds. The first-order valence-electron chi connectivity index (χ1n) is 14.1. The van der Waals surface area contributed by atoms with Crippen LogP contribution in [0.3, 0.4) is 0 Å². The van der Waals surface area contributed by atoms with E-state index in [1.807, 2.05) is 6.92 Å². The molecule has 6 N–H and O–H groups in total. The third-order valence-corrected chi connectivity index (χ3v) is 9.04. The molecule has 13 heteroatoms. The average molecular weight is 563 g/mol. The first-order chi connectivity index (χ1) is 18.6. The molecular formula is C26H42O13. The normalized spacial score (nSPS) is 52.2. The molecule has 3 saturated heterocycles. The highest BCUT2D eigenvalue weighted by molar-refractivity contribution is 5.73. The highest BCUT2D eigenvalue weighted by Gasteiger charge is 2.57. The number of hydrogen-bond acceptors (Lipinski definition) is 12. The lowest BCUT2D eigenvalue weighted by atomic mass is 9.82. The number of hydrogen-bond donors (Lipinski definition) is 6. The van der Waals surface area contributed by atoms with Gasteiger partial charge in [-0.1, -0.05) is 19.8 Å². The summed E-state index contributed by atoms with van der Waals surface area (Å²) in [4.78, 5) is 11.9. The monoisotopic (exact) mass is 562 g/mol. The minimum absolute atomic E-state index is 0.0179. The minimum atomic E-state index is -1.47. The number of rotatable bonds is 7. The van der Waals surface area contributed by atoms with E-state index in [9.17, 15) is 35.4 Å². The van der Waals surface area contributed by atoms with Gasteiger partial charge in [0.2, 0.25) is 0 Å². The van der Waals surface area contributed by atoms with Gasteiger partial charge in [-0.3, -0.25) is 0 Å². The van der Waals surface area contributed by atoms with Crippen LogP contribution in [0.4, 0.5) is 0 Å². The molecule has 5 rings (SSSR count). The topological polar surface area (TPSA) is 194 Å². The van der Waals surface area contributed by atoms with E-state index >= 15 is 0 Å². The Morgan fingerprint density at radius 1 is 0.923 bits per heavy atom. The SMILES string of the molecule is CCC1CCCC(OC2OC(CO)C(O)C3OC(C(=O)O)C4CC4COC23)C1OC1OC(C)C(O)C(O)C1O. The first-order valence-corrected chi connectivity index (χ1v) is 14.1. The van der Waals surface area contributed by atoms with Crippen molar-refractivity contribution < 1.29 is 63.9 Å². The number of aliphatic hydroxyl groups excluding tert-OH is 5. The summed E-state index contributed by atoms with van der Waals surface area (Å²) in [5, 5.41) is 61.5. The second-order valence-electron chi connectivity index (χ2n) is 11.6. The van der Waals surface area contributed by atoms with Crippen LogP contribution in [0.15, 0.2) is 0 Å². The quantitative estimate of drug-likeness (QED) is 0.216. The number of aliphatic hydroxyl groups is 5. The van der Waals surface area contributed by atoms with Crippen molar-refractivity contribution >= 4 is 5.97 Å². The molecular weight excluding hydrogens is 520 g/mol. The largest absolute Gasteiger partial charge is 0.479 e. The van der Waals surface area contributed by atoms with Gasteiger partial charge in [0.15, 0.2) is 18.7 Å². The summed E-state index contributed by atoms with van der Waals surface area (Å²) in [5.74, 6) is -1.27. The van der Waals surface area contributed by atoms with Crippen LogP contribution in [0.1, 0.15) is 46.0 Å². The van der Waals surface area contributed by atoms with Crippen molar-refractivity contribution in [1.29, 1.82) is 0 Å². The van der Waals surface area contributed by atoms with Crippen molar-refractivity contribution in [1.82, 2.24) is 0 Å². The smallest absolute Gasteiger partial charge is 0.333 e. The van der Waals surface area contributed by atoms with E-state index in [0.717, 1.165) is 19.3 Å². The fourth-order valence-corrected chi connectivity index (χ4v) is 6.51. The number of carbonyl (C=O) groups is 1. The maximum Gasteiger partial charge on any atom is 0.333 e. The zero-order valence-electron chi connectivity index (χ0n) is 22.2. The van der Waals surface area contributed by atoms with Crippen LogP contribution in [0.2, 0.25) is 0 Å². The van der Waals surface area contributed by atoms with Crippen molar-refractivity contribution in [3.63, 3.8) is 0 Å². The van der Waals surface area contributed by atoms with Crippen molar-refractivity contribution in [2.75, 3.05) is 13.2 Å². The van der Waals surface area contributed by atoms with Crippen LogP contribution in [-0.2, 0) is 33.2 Å². The van der Waals surface area contributed by atoms with Crippen LogP contribution < -0.4 is 0 Å². The molecule has 0 radical (unpaired) electrons. The molecule has 39 heavy (non-hydrogen) atoms. The van der Waals surface area contributed by atoms with Gasteiger partial charge in [0.05, 0.1) is 31.5 Å². The summed E-state index contributed by atoms with van der Waals surface area (Å²) in [6.07, 6.45) is -10.4. The number of aliphatic carboxylic acids is 1. The summed E-state index contributed by atoms with van der Waals surface area (Å²) in [6.45, 7) is 3.32. The molecule has 0 aromatic carbocycles. The van der Waals surface area contributed by atoms with Gasteiger partial charge in [-0.25, -0.2) is 4.79 Å². The molecule has 3 heterocycles. The molecule has 13 nitrogen and oxygen atoms in total. The van der Waals surface area contributed by atoms with Crippen molar-refractivity contribution in [3.8, 4) is 0 Å². The molecule has 16 atom stereocenters. The van der Waals surface area contributed by atoms with Gasteiger partial charge in [0.25, 0.3) is 0 Å². The lowest BCUT2D eigenvalue weighted by Crippen LogP contribution is -2.64. The van der Waals surface area contributed by atoms with Gasteiger partial charge < -0.3 is 59.1 Å². The van der Waals surface area contributed by atoms with Crippen molar-refractivity contribution in [3.05, 3.63) is 0 Å². The first kappa shape index (κ1) is 29.5. The molecule has 2 saturated carbocycles. The number of fused-ring (bicyclic) bond motifs is 2. The van der Waals surface area contributed by atoms with Gasteiger partial charge in [-0.15, -0.1) is 0 Å². The predicted octanol–water partition coefficient (Wildman–Crippen LogP) is -1.25. The number of carboxylic acid groups (broad SMARTS) is 1. The van der Waals surface area contributed by atoms with Gasteiger partial charge >= 0.3 is 5.97 Å². The Balaban J connectivity index is 1.36. The standard InChI is InChI=1S/C26H42O13/c1-3-11-5-4-6-14(20(11)39-25-19(31)18(30)16(28)10(2)35-25)36-26-23-22(17(29)15(8-27)37-26)38-21(24(32)33)13-7-12(13)9-34-23/h10-23,25-31H,3-9H2,1-2H3,(H,32,33). The second kappa shape index (κ2) is 12.1. The van der Waals surface area contributed by atoms with E-state index in [2.05, 4.69) is 0 Å². The van der Waals surface area contributed by atoms with Gasteiger partial charge in [-0.2, -0.15) is 0 Å². The Labute approximate surface area is 226 Å². The lowest BCUT2D eigenvalue weighted by Gasteiger charge is -2.48. The van der Waals surface area contributed by atoms with Gasteiger partial charge in [0.1, 0.15) is 42.7 Å². The van der Waals surface area contributed by atoms with Gasteiger partial charge in [-0.05, 0) is 38.0 Å². The maximum absolute atomic E-state index is 11.9. The van der Waals surface area contributed by atoms with Crippen LogP contribution in [0, 0.1) is 17.8 Å². The van der Waals surface area contributed by atoms with Gasteiger partial charge in [0, 0.05) is 5.92 Å². The Hall–Kier alpha value is -0.970. The highest BCUT2D eigenvalue weighted by atomic mass is 16.7. The van der Waals surface area contributed by atoms with E-state index in [-0.39, 0.29) is 24.4 Å². The Bertz CT molecular complexity index is 845. The predicted molar refractivity (Wildman–Crippen MR) is 129 cm³/mol. The molecule has 0 aromatic heterocycles. The molecule has 2 aliphatic carbocycles. The molecule has 3 aliphatic heterocycles. The van der Waals surface area contributed by atoms with Crippen molar-refractivity contribution in [2.24, 2.45) is 17.8 Å². The third-order valence-electron chi connectivity index (χ3n) is 9.04. The Morgan fingerprint density at radius 3 is 2.38 bits per heavy atom. The molecule has 0 aromatic rings. The highest BCUT2D eigenvalue weighted by Crippen LogP contribution is 2.46. The fourth-order valence-electron chi connectivity index (χ4n) is 6.51. The molecule has 0 bridgehead atoms. The maximum atomic E-state index is 11.9. The van der Waals surface area contributed by atoms with Crippen LogP contribution in [0.25, 0.3) is 0 Å². The summed E-state index contributed by atoms with van der Waals surface area (Å²) in [6, 6.07) is 0. The molecule has 5 aliphatic rings. The summed E-state index contributed by atoms with van der Waals surface area (Å²) < 4.78 is 36.4. The zero-order valence-corrected chi connectivity index (χ0v) is 22.2. The minimum Gasteiger partial charge on any atom is -0.479 e. The van der Waals surface area contributed by atoms with E-state index in [1.54, 1.807) is 6.92 Å². The third kappa shape index (κ3) is 5.86. The zero-order chi connectivity index (χ0) is 28.0. The molecule has 16 unspecified atom stereocenters. The summed E-state index contributed by atoms with van der Waals surface area (Å²) in [7, 11) is 0. The fraction of sp³-hybridized carbons (Fsp3) is 0.962. The molecule has 0 spiro atoms. The van der Waals surface area contributed by atoms with Crippen LogP contribution in [-0.4, -0.2) is 130 Å². The van der Waals surface area contributed by atoms with E-state index in [1.165, 1.54) is 0 Å². The lowest BCUT2D eigenvalue weighted by molar-refractivity contribution is -0.355. The molecule has 5 fully saturated rings. The van der Waals surface area contributed by atoms with Crippen LogP contribution >= 0.6 is 0 Å². The summed E-state index contributed by atoms with van der Waals surface area (Å²) >= 11 is 0. The number of ether oxygens (including phenoxy) is 6. The summed E-state index contributed by atoms with van der Waals surface area (Å²) in [5.41, 5.74) is 0. The van der Waals surface area contributed by atoms with Crippen LogP contribution in [0.5, 0.6) is 0 Å². The van der Waals surface area contributed by atoms with E-state index < -0.39 is 92.3 Å². The second-order valence-corrected chi connectivity index (χ2v) is 11.6. The van der Waals surface area contributed by atoms with Crippen molar-refractivity contribution in [2.45, 2.75) is 126 Å². The Kier molecular flexibility index (Phi) is 9.16. The number of carboxylic acids is 1.